The number of carbonyl (C=O) groups excluding carboxylic acids is 1. The molecule has 1 amide bonds. The average molecular weight is 312 g/mol. The Morgan fingerprint density at radius 2 is 2.00 bits per heavy atom. The van der Waals surface area contributed by atoms with Gasteiger partial charge in [0.1, 0.15) is 0 Å². The number of aryl methyl sites for hydroxylation is 1. The number of benzene rings is 1. The molecule has 4 heteroatoms. The summed E-state index contributed by atoms with van der Waals surface area (Å²) < 4.78 is 5.58. The Bertz CT molecular complexity index is 597. The molecule has 122 valence electrons. The van der Waals surface area contributed by atoms with Gasteiger partial charge in [-0.1, -0.05) is 36.4 Å². The normalized spacial score (nSPS) is 11.9. The van der Waals surface area contributed by atoms with Crippen LogP contribution in [-0.4, -0.2) is 17.5 Å². The first-order chi connectivity index (χ1) is 11.1. The van der Waals surface area contributed by atoms with E-state index in [1.54, 1.807) is 0 Å². The van der Waals surface area contributed by atoms with Gasteiger partial charge in [-0.15, -0.1) is 0 Å². The van der Waals surface area contributed by atoms with Crippen LogP contribution in [0.2, 0.25) is 0 Å². The predicted molar refractivity (Wildman–Crippen MR) is 90.9 cm³/mol. The summed E-state index contributed by atoms with van der Waals surface area (Å²) in [6.45, 7) is 5.11. The highest BCUT2D eigenvalue weighted by Gasteiger charge is 2.10. The maximum Gasteiger partial charge on any atom is 0.220 e. The van der Waals surface area contributed by atoms with Crippen LogP contribution < -0.4 is 5.32 Å². The number of aromatic nitrogens is 1. The van der Waals surface area contributed by atoms with Crippen LogP contribution in [0.5, 0.6) is 0 Å². The number of carbonyl (C=O) groups is 1. The minimum Gasteiger partial charge on any atom is -0.377 e. The van der Waals surface area contributed by atoms with Crippen LogP contribution >= 0.6 is 0 Å². The molecule has 0 unspecified atom stereocenters. The lowest BCUT2D eigenvalue weighted by atomic mass is 10.2. The molecule has 2 rings (SSSR count). The van der Waals surface area contributed by atoms with Crippen LogP contribution in [0.1, 0.15) is 42.6 Å². The maximum atomic E-state index is 11.9. The van der Waals surface area contributed by atoms with Crippen molar-refractivity contribution in [3.8, 4) is 0 Å². The minimum atomic E-state index is -0.0756. The molecule has 0 spiro atoms. The van der Waals surface area contributed by atoms with E-state index < -0.39 is 0 Å². The van der Waals surface area contributed by atoms with Gasteiger partial charge in [0.25, 0.3) is 0 Å². The highest BCUT2D eigenvalue weighted by molar-refractivity contribution is 5.76. The molecule has 0 aliphatic rings. The van der Waals surface area contributed by atoms with Crippen molar-refractivity contribution in [3.05, 3.63) is 65.5 Å². The van der Waals surface area contributed by atoms with Crippen molar-refractivity contribution in [1.29, 1.82) is 0 Å². The molecule has 1 aromatic heterocycles. The van der Waals surface area contributed by atoms with Gasteiger partial charge in [-0.05, 0) is 37.5 Å². The lowest BCUT2D eigenvalue weighted by Gasteiger charge is -2.13. The lowest BCUT2D eigenvalue weighted by molar-refractivity contribution is -0.122. The SMILES string of the molecule is Cc1ccc([C@@H](C)NC(=O)CCCOCc2ccccc2)nc1. The van der Waals surface area contributed by atoms with Crippen LogP contribution in [0.3, 0.4) is 0 Å². The highest BCUT2D eigenvalue weighted by atomic mass is 16.5. The van der Waals surface area contributed by atoms with Crippen molar-refractivity contribution in [3.63, 3.8) is 0 Å². The third kappa shape index (κ3) is 6.20. The Balaban J connectivity index is 1.62. The Morgan fingerprint density at radius 3 is 2.70 bits per heavy atom. The Morgan fingerprint density at radius 1 is 1.22 bits per heavy atom. The maximum absolute atomic E-state index is 11.9. The summed E-state index contributed by atoms with van der Waals surface area (Å²) in [7, 11) is 0. The van der Waals surface area contributed by atoms with Crippen molar-refractivity contribution in [2.75, 3.05) is 6.61 Å². The van der Waals surface area contributed by atoms with Crippen LogP contribution in [-0.2, 0) is 16.1 Å². The second-order valence-corrected chi connectivity index (χ2v) is 5.69. The Kier molecular flexibility index (Phi) is 6.76. The zero-order valence-corrected chi connectivity index (χ0v) is 13.8. The van der Waals surface area contributed by atoms with Crippen molar-refractivity contribution < 1.29 is 9.53 Å². The number of pyridine rings is 1. The van der Waals surface area contributed by atoms with Crippen LogP contribution in [0.15, 0.2) is 48.7 Å². The molecule has 1 atom stereocenters. The number of amides is 1. The van der Waals surface area contributed by atoms with E-state index in [9.17, 15) is 4.79 Å². The molecule has 2 aromatic rings. The number of hydrogen-bond acceptors (Lipinski definition) is 3. The van der Waals surface area contributed by atoms with Crippen molar-refractivity contribution in [1.82, 2.24) is 10.3 Å². The molecular formula is C19H24N2O2. The summed E-state index contributed by atoms with van der Waals surface area (Å²) >= 11 is 0. The summed E-state index contributed by atoms with van der Waals surface area (Å²) in [4.78, 5) is 16.3. The fourth-order valence-corrected chi connectivity index (χ4v) is 2.22. The predicted octanol–water partition coefficient (Wildman–Crippen LogP) is 3.56. The first-order valence-corrected chi connectivity index (χ1v) is 7.99. The molecule has 1 N–H and O–H groups in total. The van der Waals surface area contributed by atoms with Gasteiger partial charge in [0.15, 0.2) is 0 Å². The second kappa shape index (κ2) is 9.06. The van der Waals surface area contributed by atoms with E-state index >= 15 is 0 Å². The summed E-state index contributed by atoms with van der Waals surface area (Å²) in [6, 6.07) is 13.9. The Labute approximate surface area is 137 Å². The van der Waals surface area contributed by atoms with Gasteiger partial charge in [-0.2, -0.15) is 0 Å². The summed E-state index contributed by atoms with van der Waals surface area (Å²) in [5.74, 6) is 0.0307. The van der Waals surface area contributed by atoms with Crippen LogP contribution in [0.25, 0.3) is 0 Å². The zero-order chi connectivity index (χ0) is 16.5. The molecule has 0 saturated heterocycles. The zero-order valence-electron chi connectivity index (χ0n) is 13.8. The van der Waals surface area contributed by atoms with Crippen molar-refractivity contribution in [2.45, 2.75) is 39.3 Å². The second-order valence-electron chi connectivity index (χ2n) is 5.69. The molecule has 1 heterocycles. The molecule has 0 radical (unpaired) electrons. The molecule has 23 heavy (non-hydrogen) atoms. The van der Waals surface area contributed by atoms with Gasteiger partial charge in [0.05, 0.1) is 18.3 Å². The summed E-state index contributed by atoms with van der Waals surface area (Å²) in [6.07, 6.45) is 2.99. The van der Waals surface area contributed by atoms with Crippen LogP contribution in [0.4, 0.5) is 0 Å². The average Bonchev–Trinajstić information content (AvgIpc) is 2.56. The molecular weight excluding hydrogens is 288 g/mol. The molecule has 4 nitrogen and oxygen atoms in total. The van der Waals surface area contributed by atoms with E-state index in [2.05, 4.69) is 10.3 Å². The number of ether oxygens (including phenoxy) is 1. The van der Waals surface area contributed by atoms with Gasteiger partial charge < -0.3 is 10.1 Å². The third-order valence-corrected chi connectivity index (χ3v) is 3.56. The number of rotatable bonds is 8. The fraction of sp³-hybridized carbons (Fsp3) is 0.368. The van der Waals surface area contributed by atoms with E-state index in [0.29, 0.717) is 26.1 Å². The number of nitrogens with one attached hydrogen (secondary N) is 1. The third-order valence-electron chi connectivity index (χ3n) is 3.56. The lowest BCUT2D eigenvalue weighted by Crippen LogP contribution is -2.27. The number of nitrogens with zero attached hydrogens (tertiary/aromatic N) is 1. The summed E-state index contributed by atoms with van der Waals surface area (Å²) in [5.41, 5.74) is 3.14. The van der Waals surface area contributed by atoms with Gasteiger partial charge in [-0.25, -0.2) is 0 Å². The quantitative estimate of drug-likeness (QED) is 0.758. The van der Waals surface area contributed by atoms with E-state index in [0.717, 1.165) is 16.8 Å². The molecule has 0 fully saturated rings. The largest absolute Gasteiger partial charge is 0.377 e. The van der Waals surface area contributed by atoms with E-state index in [4.69, 9.17) is 4.74 Å². The Hall–Kier alpha value is -2.20. The smallest absolute Gasteiger partial charge is 0.220 e. The van der Waals surface area contributed by atoms with Crippen LogP contribution in [0, 0.1) is 6.92 Å². The standard InChI is InChI=1S/C19H24N2O2/c1-15-10-11-18(20-13-15)16(2)21-19(22)9-6-12-23-14-17-7-4-3-5-8-17/h3-5,7-8,10-11,13,16H,6,9,12,14H2,1-2H3,(H,21,22)/t16-/m1/s1. The van der Waals surface area contributed by atoms with Gasteiger partial charge in [-0.3, -0.25) is 9.78 Å². The highest BCUT2D eigenvalue weighted by Crippen LogP contribution is 2.10. The molecule has 0 bridgehead atoms. The topological polar surface area (TPSA) is 51.2 Å². The molecule has 0 aliphatic heterocycles. The van der Waals surface area contributed by atoms with Gasteiger partial charge in [0, 0.05) is 19.2 Å². The van der Waals surface area contributed by atoms with Gasteiger partial charge in [0.2, 0.25) is 5.91 Å². The summed E-state index contributed by atoms with van der Waals surface area (Å²) in [5, 5.41) is 2.97. The van der Waals surface area contributed by atoms with E-state index in [1.807, 2.05) is 62.5 Å². The molecule has 1 aromatic carbocycles. The fourth-order valence-electron chi connectivity index (χ4n) is 2.22. The van der Waals surface area contributed by atoms with E-state index in [1.165, 1.54) is 0 Å². The monoisotopic (exact) mass is 312 g/mol. The first kappa shape index (κ1) is 17.2. The molecule has 0 aliphatic carbocycles. The minimum absolute atomic E-state index is 0.0307. The van der Waals surface area contributed by atoms with Crippen molar-refractivity contribution >= 4 is 5.91 Å². The first-order valence-electron chi connectivity index (χ1n) is 7.99. The van der Waals surface area contributed by atoms with Crippen molar-refractivity contribution in [2.24, 2.45) is 0 Å². The van der Waals surface area contributed by atoms with E-state index in [-0.39, 0.29) is 11.9 Å². The number of hydrogen-bond donors (Lipinski definition) is 1. The van der Waals surface area contributed by atoms with Gasteiger partial charge >= 0.3 is 0 Å². The molecule has 0 saturated carbocycles.